The molecule has 5 heteroatoms. The number of rotatable bonds is 8. The van der Waals surface area contributed by atoms with E-state index in [0.717, 1.165) is 30.3 Å². The van der Waals surface area contributed by atoms with Crippen LogP contribution in [0.4, 0.5) is 0 Å². The molecular weight excluding hydrogens is 234 g/mol. The Kier molecular flexibility index (Phi) is 6.02. The van der Waals surface area contributed by atoms with E-state index in [1.54, 1.807) is 11.8 Å². The highest BCUT2D eigenvalue weighted by Gasteiger charge is 2.21. The van der Waals surface area contributed by atoms with Gasteiger partial charge in [0.05, 0.1) is 6.61 Å². The normalized spacial score (nSPS) is 14.8. The highest BCUT2D eigenvalue weighted by Crippen LogP contribution is 2.19. The van der Waals surface area contributed by atoms with E-state index in [9.17, 15) is 5.11 Å². The van der Waals surface area contributed by atoms with Crippen molar-refractivity contribution in [1.82, 2.24) is 14.9 Å². The minimum Gasteiger partial charge on any atom is -0.394 e. The molecule has 0 aliphatic heterocycles. The van der Waals surface area contributed by atoms with Gasteiger partial charge in [0.25, 0.3) is 0 Å². The maximum atomic E-state index is 9.43. The molecule has 0 amide bonds. The third-order valence-corrected chi connectivity index (χ3v) is 3.87. The maximum Gasteiger partial charge on any atom is 0.167 e. The number of aryl methyl sites for hydroxylation is 1. The second-order valence-electron chi connectivity index (χ2n) is 4.56. The summed E-state index contributed by atoms with van der Waals surface area (Å²) < 4.78 is 2.01. The number of aromatic nitrogens is 2. The van der Waals surface area contributed by atoms with Gasteiger partial charge >= 0.3 is 0 Å². The fraction of sp³-hybridized carbons (Fsp3) is 0.750. The molecular formula is C12H23N3OS. The smallest absolute Gasteiger partial charge is 0.167 e. The monoisotopic (exact) mass is 257 g/mol. The summed E-state index contributed by atoms with van der Waals surface area (Å²) in [7, 11) is 2.00. The van der Waals surface area contributed by atoms with Crippen molar-refractivity contribution >= 4 is 11.8 Å². The second-order valence-corrected chi connectivity index (χ2v) is 5.63. The van der Waals surface area contributed by atoms with E-state index in [2.05, 4.69) is 24.1 Å². The van der Waals surface area contributed by atoms with Gasteiger partial charge < -0.3 is 15.0 Å². The number of aliphatic hydroxyl groups excluding tert-OH is 1. The topological polar surface area (TPSA) is 50.1 Å². The molecule has 0 fully saturated rings. The summed E-state index contributed by atoms with van der Waals surface area (Å²) in [5, 5.41) is 13.9. The molecule has 2 N–H and O–H groups in total. The van der Waals surface area contributed by atoms with Gasteiger partial charge in [0.1, 0.15) is 0 Å². The Morgan fingerprint density at radius 1 is 1.59 bits per heavy atom. The Hall–Kier alpha value is -0.520. The first kappa shape index (κ1) is 14.5. The van der Waals surface area contributed by atoms with Gasteiger partial charge in [-0.15, -0.1) is 0 Å². The summed E-state index contributed by atoms with van der Waals surface area (Å²) >= 11 is 1.73. The molecule has 0 spiro atoms. The van der Waals surface area contributed by atoms with E-state index < -0.39 is 0 Å². The Morgan fingerprint density at radius 3 is 2.88 bits per heavy atom. The first-order chi connectivity index (χ1) is 8.11. The molecule has 0 aliphatic carbocycles. The SMILES string of the molecule is CCCNC(C)(CO)CCSc1nccn1C. The molecule has 0 bridgehead atoms. The number of nitrogens with zero attached hydrogens (tertiary/aromatic N) is 2. The molecule has 1 heterocycles. The zero-order valence-electron chi connectivity index (χ0n) is 10.9. The maximum absolute atomic E-state index is 9.43. The van der Waals surface area contributed by atoms with Gasteiger partial charge in [-0.25, -0.2) is 4.98 Å². The van der Waals surface area contributed by atoms with Gasteiger partial charge in [-0.2, -0.15) is 0 Å². The first-order valence-electron chi connectivity index (χ1n) is 6.07. The minimum atomic E-state index is -0.172. The van der Waals surface area contributed by atoms with E-state index in [1.165, 1.54) is 0 Å². The molecule has 1 aromatic heterocycles. The van der Waals surface area contributed by atoms with Crippen LogP contribution in [0.3, 0.4) is 0 Å². The van der Waals surface area contributed by atoms with Crippen LogP contribution in [-0.2, 0) is 7.05 Å². The fourth-order valence-electron chi connectivity index (χ4n) is 1.51. The van der Waals surface area contributed by atoms with Crippen molar-refractivity contribution in [2.24, 2.45) is 7.05 Å². The lowest BCUT2D eigenvalue weighted by Crippen LogP contribution is -2.46. The van der Waals surface area contributed by atoms with Crippen LogP contribution < -0.4 is 5.32 Å². The molecule has 0 aliphatic rings. The van der Waals surface area contributed by atoms with E-state index in [0.29, 0.717) is 0 Å². The average molecular weight is 257 g/mol. The highest BCUT2D eigenvalue weighted by molar-refractivity contribution is 7.99. The lowest BCUT2D eigenvalue weighted by Gasteiger charge is -2.28. The quantitative estimate of drug-likeness (QED) is 0.695. The zero-order chi connectivity index (χ0) is 12.7. The summed E-state index contributed by atoms with van der Waals surface area (Å²) in [4.78, 5) is 4.27. The number of hydrogen-bond acceptors (Lipinski definition) is 4. The third kappa shape index (κ3) is 4.69. The van der Waals surface area contributed by atoms with Gasteiger partial charge in [-0.3, -0.25) is 0 Å². The van der Waals surface area contributed by atoms with Crippen LogP contribution in [0, 0.1) is 0 Å². The second kappa shape index (κ2) is 7.03. The van der Waals surface area contributed by atoms with Crippen molar-refractivity contribution < 1.29 is 5.11 Å². The summed E-state index contributed by atoms with van der Waals surface area (Å²) in [6.45, 7) is 5.33. The predicted molar refractivity (Wildman–Crippen MR) is 72.3 cm³/mol. The van der Waals surface area contributed by atoms with Crippen LogP contribution >= 0.6 is 11.8 Å². The van der Waals surface area contributed by atoms with Crippen LogP contribution in [0.1, 0.15) is 26.7 Å². The first-order valence-corrected chi connectivity index (χ1v) is 7.06. The van der Waals surface area contributed by atoms with Crippen LogP contribution in [-0.4, -0.2) is 39.1 Å². The summed E-state index contributed by atoms with van der Waals surface area (Å²) in [6, 6.07) is 0. The molecule has 1 rings (SSSR count). The summed E-state index contributed by atoms with van der Waals surface area (Å²) in [5.41, 5.74) is -0.172. The van der Waals surface area contributed by atoms with Gasteiger partial charge in [0.15, 0.2) is 5.16 Å². The molecule has 0 saturated carbocycles. The molecule has 1 atom stereocenters. The Labute approximate surface area is 108 Å². The Morgan fingerprint density at radius 2 is 2.35 bits per heavy atom. The van der Waals surface area contributed by atoms with Crippen LogP contribution in [0.5, 0.6) is 0 Å². The van der Waals surface area contributed by atoms with Gasteiger partial charge in [0, 0.05) is 30.7 Å². The molecule has 0 radical (unpaired) electrons. The van der Waals surface area contributed by atoms with Crippen LogP contribution in [0.25, 0.3) is 0 Å². The molecule has 1 unspecified atom stereocenters. The Balaban J connectivity index is 2.35. The lowest BCUT2D eigenvalue weighted by molar-refractivity contribution is 0.171. The van der Waals surface area contributed by atoms with E-state index >= 15 is 0 Å². The van der Waals surface area contributed by atoms with Crippen molar-refractivity contribution in [3.05, 3.63) is 12.4 Å². The fourth-order valence-corrected chi connectivity index (χ4v) is 2.64. The third-order valence-electron chi connectivity index (χ3n) is 2.81. The molecule has 0 aromatic carbocycles. The zero-order valence-corrected chi connectivity index (χ0v) is 11.8. The van der Waals surface area contributed by atoms with Gasteiger partial charge in [-0.05, 0) is 26.3 Å². The van der Waals surface area contributed by atoms with Crippen molar-refractivity contribution in [3.8, 4) is 0 Å². The van der Waals surface area contributed by atoms with E-state index in [1.807, 2.05) is 24.0 Å². The van der Waals surface area contributed by atoms with Gasteiger partial charge in [-0.1, -0.05) is 18.7 Å². The highest BCUT2D eigenvalue weighted by atomic mass is 32.2. The molecule has 98 valence electrons. The molecule has 1 aromatic rings. The Bertz CT molecular complexity index is 329. The molecule has 0 saturated heterocycles. The standard InChI is InChI=1S/C12H23N3OS/c1-4-6-14-12(2,10-16)5-9-17-11-13-7-8-15(11)3/h7-8,14,16H,4-6,9-10H2,1-3H3. The van der Waals surface area contributed by atoms with E-state index in [-0.39, 0.29) is 12.1 Å². The van der Waals surface area contributed by atoms with Crippen LogP contribution in [0.15, 0.2) is 17.6 Å². The van der Waals surface area contributed by atoms with Crippen molar-refractivity contribution in [2.75, 3.05) is 18.9 Å². The van der Waals surface area contributed by atoms with Crippen molar-refractivity contribution in [1.29, 1.82) is 0 Å². The number of aliphatic hydroxyl groups is 1. The number of thioether (sulfide) groups is 1. The average Bonchev–Trinajstić information content (AvgIpc) is 2.73. The van der Waals surface area contributed by atoms with Crippen LogP contribution in [0.2, 0.25) is 0 Å². The summed E-state index contributed by atoms with van der Waals surface area (Å²) in [6.07, 6.45) is 5.77. The lowest BCUT2D eigenvalue weighted by atomic mass is 10.0. The largest absolute Gasteiger partial charge is 0.394 e. The number of imidazole rings is 1. The van der Waals surface area contributed by atoms with Gasteiger partial charge in [0.2, 0.25) is 0 Å². The summed E-state index contributed by atoms with van der Waals surface area (Å²) in [5.74, 6) is 0.957. The van der Waals surface area contributed by atoms with Crippen molar-refractivity contribution in [3.63, 3.8) is 0 Å². The molecule has 4 nitrogen and oxygen atoms in total. The predicted octanol–water partition coefficient (Wildman–Crippen LogP) is 1.65. The number of nitrogens with one attached hydrogen (secondary N) is 1. The van der Waals surface area contributed by atoms with E-state index in [4.69, 9.17) is 0 Å². The minimum absolute atomic E-state index is 0.172. The number of hydrogen-bond donors (Lipinski definition) is 2. The van der Waals surface area contributed by atoms with Crippen molar-refractivity contribution in [2.45, 2.75) is 37.4 Å². The molecule has 17 heavy (non-hydrogen) atoms.